The molecule has 1 aromatic carbocycles. The summed E-state index contributed by atoms with van der Waals surface area (Å²) in [6, 6.07) is 8.42. The van der Waals surface area contributed by atoms with E-state index in [0.29, 0.717) is 11.8 Å². The predicted molar refractivity (Wildman–Crippen MR) is 65.1 cm³/mol. The Bertz CT molecular complexity index is 556. The number of aromatic amines is 1. The minimum absolute atomic E-state index is 0.325. The van der Waals surface area contributed by atoms with Gasteiger partial charge >= 0.3 is 0 Å². The molecule has 1 unspecified atom stereocenters. The fourth-order valence-corrected chi connectivity index (χ4v) is 2.50. The van der Waals surface area contributed by atoms with Crippen LogP contribution in [-0.2, 0) is 0 Å². The Kier molecular flexibility index (Phi) is 1.80. The Hall–Kier alpha value is -1.84. The summed E-state index contributed by atoms with van der Waals surface area (Å²) in [5, 5.41) is 10.9. The van der Waals surface area contributed by atoms with Gasteiger partial charge in [-0.3, -0.25) is 5.10 Å². The van der Waals surface area contributed by atoms with Crippen molar-refractivity contribution in [2.45, 2.75) is 24.7 Å². The van der Waals surface area contributed by atoms with Gasteiger partial charge in [-0.25, -0.2) is 4.98 Å². The minimum Gasteiger partial charge on any atom is -0.384 e. The molecule has 2 aromatic rings. The fourth-order valence-electron chi connectivity index (χ4n) is 2.50. The van der Waals surface area contributed by atoms with E-state index >= 15 is 0 Å². The third kappa shape index (κ3) is 1.44. The first kappa shape index (κ1) is 9.22. The Morgan fingerprint density at radius 2 is 2.06 bits per heavy atom. The second-order valence-electron chi connectivity index (χ2n) is 4.87. The molecule has 17 heavy (non-hydrogen) atoms. The highest BCUT2D eigenvalue weighted by Crippen LogP contribution is 2.39. The molecule has 1 aliphatic heterocycles. The van der Waals surface area contributed by atoms with Crippen molar-refractivity contribution in [2.24, 2.45) is 0 Å². The molecule has 1 fully saturated rings. The average molecular weight is 226 g/mol. The van der Waals surface area contributed by atoms with E-state index in [4.69, 9.17) is 0 Å². The standard InChI is InChI=1S/C13H14N4/c1-2-4-11-9(3-1)10(7-14-11)13-15-12(16-17-13)8-5-6-8/h1-4,8,10,14H,5-7H2,(H,15,16,17). The smallest absolute Gasteiger partial charge is 0.153 e. The zero-order valence-electron chi connectivity index (χ0n) is 9.48. The van der Waals surface area contributed by atoms with Crippen molar-refractivity contribution in [3.63, 3.8) is 0 Å². The van der Waals surface area contributed by atoms with E-state index in [9.17, 15) is 0 Å². The van der Waals surface area contributed by atoms with Gasteiger partial charge in [0.1, 0.15) is 5.82 Å². The number of hydrogen-bond donors (Lipinski definition) is 2. The van der Waals surface area contributed by atoms with Crippen molar-refractivity contribution in [1.29, 1.82) is 0 Å². The van der Waals surface area contributed by atoms with Crippen LogP contribution in [0, 0.1) is 0 Å². The lowest BCUT2D eigenvalue weighted by Gasteiger charge is -2.04. The first-order chi connectivity index (χ1) is 8.42. The number of anilines is 1. The molecule has 1 atom stereocenters. The van der Waals surface area contributed by atoms with Crippen LogP contribution in [0.25, 0.3) is 0 Å². The number of nitrogens with zero attached hydrogens (tertiary/aromatic N) is 2. The lowest BCUT2D eigenvalue weighted by molar-refractivity contribution is 0.814. The second-order valence-corrected chi connectivity index (χ2v) is 4.87. The number of benzene rings is 1. The van der Waals surface area contributed by atoms with Crippen molar-refractivity contribution < 1.29 is 0 Å². The first-order valence-electron chi connectivity index (χ1n) is 6.17. The fraction of sp³-hybridized carbons (Fsp3) is 0.385. The third-order valence-electron chi connectivity index (χ3n) is 3.63. The zero-order valence-corrected chi connectivity index (χ0v) is 9.48. The van der Waals surface area contributed by atoms with Crippen LogP contribution >= 0.6 is 0 Å². The van der Waals surface area contributed by atoms with Crippen LogP contribution in [0.15, 0.2) is 24.3 Å². The molecule has 1 aromatic heterocycles. The highest BCUT2D eigenvalue weighted by Gasteiger charge is 2.31. The van der Waals surface area contributed by atoms with Gasteiger partial charge in [0.2, 0.25) is 0 Å². The maximum atomic E-state index is 4.65. The van der Waals surface area contributed by atoms with Crippen LogP contribution in [0.5, 0.6) is 0 Å². The summed E-state index contributed by atoms with van der Waals surface area (Å²) in [5.74, 6) is 2.95. The topological polar surface area (TPSA) is 53.6 Å². The van der Waals surface area contributed by atoms with Gasteiger partial charge in [-0.15, -0.1) is 0 Å². The Labute approximate surface area is 99.5 Å². The molecule has 4 heteroatoms. The molecule has 0 saturated heterocycles. The molecule has 2 N–H and O–H groups in total. The van der Waals surface area contributed by atoms with E-state index in [2.05, 4.69) is 44.8 Å². The van der Waals surface area contributed by atoms with E-state index < -0.39 is 0 Å². The predicted octanol–water partition coefficient (Wildman–Crippen LogP) is 2.24. The van der Waals surface area contributed by atoms with Crippen molar-refractivity contribution in [3.8, 4) is 0 Å². The SMILES string of the molecule is c1ccc2c(c1)NCC2c1nc(C2CC2)n[nH]1. The minimum atomic E-state index is 0.325. The van der Waals surface area contributed by atoms with Crippen LogP contribution in [0.2, 0.25) is 0 Å². The molecule has 0 bridgehead atoms. The number of H-pyrrole nitrogens is 1. The van der Waals surface area contributed by atoms with Gasteiger partial charge < -0.3 is 5.32 Å². The van der Waals surface area contributed by atoms with Crippen molar-refractivity contribution in [3.05, 3.63) is 41.5 Å². The molecule has 2 aliphatic rings. The van der Waals surface area contributed by atoms with Crippen molar-refractivity contribution in [1.82, 2.24) is 15.2 Å². The lowest BCUT2D eigenvalue weighted by Crippen LogP contribution is -2.05. The van der Waals surface area contributed by atoms with Gasteiger partial charge in [0.05, 0.1) is 5.92 Å². The third-order valence-corrected chi connectivity index (χ3v) is 3.63. The number of rotatable bonds is 2. The maximum Gasteiger partial charge on any atom is 0.153 e. The van der Waals surface area contributed by atoms with Crippen molar-refractivity contribution >= 4 is 5.69 Å². The molecule has 2 heterocycles. The summed E-state index contributed by atoms with van der Waals surface area (Å²) in [7, 11) is 0. The van der Waals surface area contributed by atoms with Crippen LogP contribution in [0.3, 0.4) is 0 Å². The first-order valence-corrected chi connectivity index (χ1v) is 6.17. The van der Waals surface area contributed by atoms with Crippen LogP contribution in [-0.4, -0.2) is 21.7 Å². The van der Waals surface area contributed by atoms with Gasteiger partial charge in [-0.05, 0) is 24.5 Å². The zero-order chi connectivity index (χ0) is 11.2. The Morgan fingerprint density at radius 3 is 2.94 bits per heavy atom. The Balaban J connectivity index is 1.70. The normalized spacial score (nSPS) is 22.2. The number of fused-ring (bicyclic) bond motifs is 1. The molecule has 1 saturated carbocycles. The van der Waals surface area contributed by atoms with Crippen LogP contribution < -0.4 is 5.32 Å². The maximum absolute atomic E-state index is 4.65. The van der Waals surface area contributed by atoms with Crippen LogP contribution in [0.1, 0.15) is 41.9 Å². The molecule has 0 amide bonds. The molecule has 1 aliphatic carbocycles. The summed E-state index contributed by atoms with van der Waals surface area (Å²) in [4.78, 5) is 4.65. The average Bonchev–Trinajstić information content (AvgIpc) is 2.95. The molecule has 4 nitrogen and oxygen atoms in total. The monoisotopic (exact) mass is 226 g/mol. The second kappa shape index (κ2) is 3.32. The summed E-state index contributed by atoms with van der Waals surface area (Å²) in [6.45, 7) is 0.915. The molecular formula is C13H14N4. The summed E-state index contributed by atoms with van der Waals surface area (Å²) >= 11 is 0. The highest BCUT2D eigenvalue weighted by molar-refractivity contribution is 5.59. The van der Waals surface area contributed by atoms with E-state index in [0.717, 1.165) is 18.2 Å². The Morgan fingerprint density at radius 1 is 1.18 bits per heavy atom. The van der Waals surface area contributed by atoms with Crippen LogP contribution in [0.4, 0.5) is 5.69 Å². The largest absolute Gasteiger partial charge is 0.384 e. The summed E-state index contributed by atoms with van der Waals surface area (Å²) < 4.78 is 0. The van der Waals surface area contributed by atoms with Gasteiger partial charge in [0, 0.05) is 18.2 Å². The van der Waals surface area contributed by atoms with Gasteiger partial charge in [-0.2, -0.15) is 5.10 Å². The number of para-hydroxylation sites is 1. The van der Waals surface area contributed by atoms with Gasteiger partial charge in [0.25, 0.3) is 0 Å². The van der Waals surface area contributed by atoms with Crippen molar-refractivity contribution in [2.75, 3.05) is 11.9 Å². The van der Waals surface area contributed by atoms with E-state index in [1.165, 1.54) is 24.1 Å². The number of hydrogen-bond acceptors (Lipinski definition) is 3. The van der Waals surface area contributed by atoms with E-state index in [-0.39, 0.29) is 0 Å². The molecule has 0 radical (unpaired) electrons. The van der Waals surface area contributed by atoms with Gasteiger partial charge in [0.15, 0.2) is 5.82 Å². The van der Waals surface area contributed by atoms with E-state index in [1.807, 2.05) is 0 Å². The molecule has 0 spiro atoms. The lowest BCUT2D eigenvalue weighted by atomic mass is 10.0. The molecule has 86 valence electrons. The van der Waals surface area contributed by atoms with Gasteiger partial charge in [-0.1, -0.05) is 18.2 Å². The summed E-state index contributed by atoms with van der Waals surface area (Å²) in [6.07, 6.45) is 2.49. The number of nitrogens with one attached hydrogen (secondary N) is 2. The van der Waals surface area contributed by atoms with E-state index in [1.54, 1.807) is 0 Å². The quantitative estimate of drug-likeness (QED) is 0.825. The molecule has 4 rings (SSSR count). The summed E-state index contributed by atoms with van der Waals surface area (Å²) in [5.41, 5.74) is 2.55. The number of aromatic nitrogens is 3. The molecular weight excluding hydrogens is 212 g/mol. The highest BCUT2D eigenvalue weighted by atomic mass is 15.2.